The number of rotatable bonds is 4. The van der Waals surface area contributed by atoms with Gasteiger partial charge in [0.1, 0.15) is 5.82 Å². The summed E-state index contributed by atoms with van der Waals surface area (Å²) in [5.74, 6) is 0.986. The zero-order valence-corrected chi connectivity index (χ0v) is 13.1. The third kappa shape index (κ3) is 3.29. The fourth-order valence-electron chi connectivity index (χ4n) is 2.81. The molecule has 1 N–H and O–H groups in total. The predicted octanol–water partition coefficient (Wildman–Crippen LogP) is 3.41. The van der Waals surface area contributed by atoms with Gasteiger partial charge in [0.25, 0.3) is 0 Å². The maximum atomic E-state index is 14.4. The Kier molecular flexibility index (Phi) is 3.95. The van der Waals surface area contributed by atoms with E-state index >= 15 is 0 Å². The van der Waals surface area contributed by atoms with Crippen LogP contribution in [0, 0.1) is 5.82 Å². The Balaban J connectivity index is 1.82. The molecule has 2 aliphatic rings. The number of thioether (sulfide) groups is 1. The van der Waals surface area contributed by atoms with Crippen molar-refractivity contribution >= 4 is 17.4 Å². The number of anilines is 1. The average molecular weight is 294 g/mol. The molecule has 0 spiro atoms. The maximum absolute atomic E-state index is 14.4. The van der Waals surface area contributed by atoms with Gasteiger partial charge in [-0.2, -0.15) is 11.8 Å². The molecule has 1 aromatic carbocycles. The normalized spacial score (nSPS) is 22.1. The lowest BCUT2D eigenvalue weighted by Gasteiger charge is -2.39. The SMILES string of the molecule is CC1(C)CN(c2c(F)cccc2CNC2CC2)CCS1. The Labute approximate surface area is 125 Å². The summed E-state index contributed by atoms with van der Waals surface area (Å²) in [5.41, 5.74) is 1.91. The first-order valence-corrected chi connectivity index (χ1v) is 8.43. The standard InChI is InChI=1S/C16H23FN2S/c1-16(2)11-19(8-9-20-16)15-12(4-3-5-14(15)17)10-18-13-6-7-13/h3-5,13,18H,6-11H2,1-2H3. The topological polar surface area (TPSA) is 15.3 Å². The molecular weight excluding hydrogens is 271 g/mol. The highest BCUT2D eigenvalue weighted by atomic mass is 32.2. The van der Waals surface area contributed by atoms with Gasteiger partial charge in [-0.3, -0.25) is 0 Å². The Bertz CT molecular complexity index is 485. The number of hydrogen-bond acceptors (Lipinski definition) is 3. The minimum atomic E-state index is -0.0807. The molecule has 0 bridgehead atoms. The summed E-state index contributed by atoms with van der Waals surface area (Å²) in [5, 5.41) is 3.50. The van der Waals surface area contributed by atoms with E-state index in [1.165, 1.54) is 12.8 Å². The van der Waals surface area contributed by atoms with Gasteiger partial charge in [0.15, 0.2) is 0 Å². The van der Waals surface area contributed by atoms with Crippen molar-refractivity contribution in [2.24, 2.45) is 0 Å². The third-order valence-electron chi connectivity index (χ3n) is 3.97. The van der Waals surface area contributed by atoms with Crippen molar-refractivity contribution in [3.63, 3.8) is 0 Å². The van der Waals surface area contributed by atoms with Crippen molar-refractivity contribution < 1.29 is 4.39 Å². The minimum absolute atomic E-state index is 0.0807. The van der Waals surface area contributed by atoms with Gasteiger partial charge in [0.05, 0.1) is 5.69 Å². The van der Waals surface area contributed by atoms with E-state index in [1.807, 2.05) is 17.8 Å². The van der Waals surface area contributed by atoms with Crippen LogP contribution in [0.25, 0.3) is 0 Å². The minimum Gasteiger partial charge on any atom is -0.367 e. The quantitative estimate of drug-likeness (QED) is 0.916. The molecule has 3 rings (SSSR count). The summed E-state index contributed by atoms with van der Waals surface area (Å²) < 4.78 is 14.5. The Morgan fingerprint density at radius 3 is 2.90 bits per heavy atom. The predicted molar refractivity (Wildman–Crippen MR) is 85.0 cm³/mol. The molecule has 1 aliphatic heterocycles. The summed E-state index contributed by atoms with van der Waals surface area (Å²) in [6.07, 6.45) is 2.52. The van der Waals surface area contributed by atoms with Gasteiger partial charge in [-0.25, -0.2) is 4.39 Å². The van der Waals surface area contributed by atoms with Crippen LogP contribution in [0.2, 0.25) is 0 Å². The van der Waals surface area contributed by atoms with Crippen LogP contribution in [0.15, 0.2) is 18.2 Å². The van der Waals surface area contributed by atoms with Crippen molar-refractivity contribution in [3.8, 4) is 0 Å². The van der Waals surface area contributed by atoms with E-state index in [0.717, 1.165) is 36.6 Å². The van der Waals surface area contributed by atoms with E-state index in [-0.39, 0.29) is 10.6 Å². The first-order valence-electron chi connectivity index (χ1n) is 7.45. The fraction of sp³-hybridized carbons (Fsp3) is 0.625. The monoisotopic (exact) mass is 294 g/mol. The van der Waals surface area contributed by atoms with Crippen LogP contribution in [0.3, 0.4) is 0 Å². The number of nitrogens with zero attached hydrogens (tertiary/aromatic N) is 1. The largest absolute Gasteiger partial charge is 0.367 e. The molecule has 110 valence electrons. The van der Waals surface area contributed by atoms with Crippen LogP contribution in [0.4, 0.5) is 10.1 Å². The lowest BCUT2D eigenvalue weighted by Crippen LogP contribution is -2.44. The van der Waals surface area contributed by atoms with E-state index in [9.17, 15) is 4.39 Å². The second-order valence-corrected chi connectivity index (χ2v) is 8.23. The zero-order chi connectivity index (χ0) is 14.2. The molecule has 4 heteroatoms. The van der Waals surface area contributed by atoms with Crippen molar-refractivity contribution in [2.75, 3.05) is 23.7 Å². The molecule has 1 heterocycles. The highest BCUT2D eigenvalue weighted by Gasteiger charge is 2.30. The van der Waals surface area contributed by atoms with Crippen LogP contribution in [-0.4, -0.2) is 29.6 Å². The second-order valence-electron chi connectivity index (χ2n) is 6.43. The van der Waals surface area contributed by atoms with Crippen LogP contribution < -0.4 is 10.2 Å². The van der Waals surface area contributed by atoms with E-state index in [4.69, 9.17) is 0 Å². The van der Waals surface area contributed by atoms with E-state index in [0.29, 0.717) is 6.04 Å². The number of hydrogen-bond donors (Lipinski definition) is 1. The molecule has 2 nitrogen and oxygen atoms in total. The Morgan fingerprint density at radius 2 is 2.20 bits per heavy atom. The molecular formula is C16H23FN2S. The van der Waals surface area contributed by atoms with Crippen molar-refractivity contribution in [1.29, 1.82) is 0 Å². The molecule has 1 aliphatic carbocycles. The van der Waals surface area contributed by atoms with Crippen molar-refractivity contribution in [3.05, 3.63) is 29.6 Å². The Hall–Kier alpha value is -0.740. The first-order chi connectivity index (χ1) is 9.55. The van der Waals surface area contributed by atoms with Gasteiger partial charge in [-0.15, -0.1) is 0 Å². The summed E-state index contributed by atoms with van der Waals surface area (Å²) in [6, 6.07) is 6.12. The molecule has 1 saturated heterocycles. The fourth-order valence-corrected chi connectivity index (χ4v) is 3.92. The first kappa shape index (κ1) is 14.2. The molecule has 20 heavy (non-hydrogen) atoms. The van der Waals surface area contributed by atoms with E-state index < -0.39 is 0 Å². The van der Waals surface area contributed by atoms with Gasteiger partial charge in [-0.05, 0) is 38.3 Å². The van der Waals surface area contributed by atoms with Crippen molar-refractivity contribution in [1.82, 2.24) is 5.32 Å². The lowest BCUT2D eigenvalue weighted by atomic mass is 10.1. The smallest absolute Gasteiger partial charge is 0.146 e. The second kappa shape index (κ2) is 5.57. The van der Waals surface area contributed by atoms with Crippen LogP contribution >= 0.6 is 11.8 Å². The zero-order valence-electron chi connectivity index (χ0n) is 12.3. The molecule has 0 atom stereocenters. The number of benzene rings is 1. The summed E-state index contributed by atoms with van der Waals surface area (Å²) in [4.78, 5) is 2.23. The van der Waals surface area contributed by atoms with Gasteiger partial charge in [0, 0.05) is 36.2 Å². The van der Waals surface area contributed by atoms with Gasteiger partial charge in [-0.1, -0.05) is 12.1 Å². The van der Waals surface area contributed by atoms with Gasteiger partial charge >= 0.3 is 0 Å². The highest BCUT2D eigenvalue weighted by molar-refractivity contribution is 8.00. The number of nitrogens with one attached hydrogen (secondary N) is 1. The molecule has 1 saturated carbocycles. The molecule has 0 radical (unpaired) electrons. The Morgan fingerprint density at radius 1 is 1.40 bits per heavy atom. The van der Waals surface area contributed by atoms with Crippen LogP contribution in [-0.2, 0) is 6.54 Å². The molecule has 2 fully saturated rings. The number of para-hydroxylation sites is 1. The van der Waals surface area contributed by atoms with Crippen LogP contribution in [0.1, 0.15) is 32.3 Å². The van der Waals surface area contributed by atoms with E-state index in [1.54, 1.807) is 6.07 Å². The summed E-state index contributed by atoms with van der Waals surface area (Å²) in [7, 11) is 0. The van der Waals surface area contributed by atoms with Crippen molar-refractivity contribution in [2.45, 2.75) is 44.0 Å². The molecule has 0 amide bonds. The average Bonchev–Trinajstić information content (AvgIpc) is 3.19. The molecule has 0 unspecified atom stereocenters. The maximum Gasteiger partial charge on any atom is 0.146 e. The van der Waals surface area contributed by atoms with Crippen LogP contribution in [0.5, 0.6) is 0 Å². The lowest BCUT2D eigenvalue weighted by molar-refractivity contribution is 0.589. The third-order valence-corrected chi connectivity index (χ3v) is 5.27. The van der Waals surface area contributed by atoms with Gasteiger partial charge in [0.2, 0.25) is 0 Å². The van der Waals surface area contributed by atoms with E-state index in [2.05, 4.69) is 30.1 Å². The summed E-state index contributed by atoms with van der Waals surface area (Å²) in [6.45, 7) is 7.11. The number of halogens is 1. The molecule has 1 aromatic rings. The molecule has 0 aromatic heterocycles. The van der Waals surface area contributed by atoms with Gasteiger partial charge < -0.3 is 10.2 Å². The summed E-state index contributed by atoms with van der Waals surface area (Å²) >= 11 is 1.98. The highest BCUT2D eigenvalue weighted by Crippen LogP contribution is 2.35.